The number of aryl methyl sites for hydroxylation is 1. The molecule has 0 spiro atoms. The number of nitrogens with zero attached hydrogens (tertiary/aromatic N) is 1. The van der Waals surface area contributed by atoms with Crippen molar-refractivity contribution < 1.29 is 0 Å². The van der Waals surface area contributed by atoms with Gasteiger partial charge in [0.15, 0.2) is 0 Å². The minimum Gasteiger partial charge on any atom is -0.401 e. The van der Waals surface area contributed by atoms with Gasteiger partial charge in [0.2, 0.25) is 0 Å². The first-order valence-electron chi connectivity index (χ1n) is 4.79. The summed E-state index contributed by atoms with van der Waals surface area (Å²) >= 11 is 5.09. The maximum Gasteiger partial charge on any atom is 0.123 e. The van der Waals surface area contributed by atoms with Crippen LogP contribution in [0.3, 0.4) is 0 Å². The molecule has 0 heterocycles. The molecule has 0 amide bonds. The third-order valence-corrected chi connectivity index (χ3v) is 2.35. The predicted molar refractivity (Wildman–Crippen MR) is 69.9 cm³/mol. The number of hydrogen-bond donors (Lipinski definition) is 2. The van der Waals surface area contributed by atoms with Crippen molar-refractivity contribution in [2.75, 3.05) is 5.32 Å². The van der Waals surface area contributed by atoms with Crippen LogP contribution >= 0.6 is 12.2 Å². The van der Waals surface area contributed by atoms with Crippen LogP contribution < -0.4 is 11.1 Å². The minimum absolute atomic E-state index is 0.315. The van der Waals surface area contributed by atoms with Gasteiger partial charge in [-0.15, -0.1) is 0 Å². The molecule has 0 unspecified atom stereocenters. The Hall–Kier alpha value is -1.86. The molecule has 0 atom stereocenters. The lowest BCUT2D eigenvalue weighted by Crippen LogP contribution is -2.14. The summed E-state index contributed by atoms with van der Waals surface area (Å²) in [5.74, 6) is 0. The highest BCUT2D eigenvalue weighted by Gasteiger charge is 2.06. The molecule has 0 aromatic heterocycles. The summed E-state index contributed by atoms with van der Waals surface area (Å²) in [5.41, 5.74) is 8.31. The van der Waals surface area contributed by atoms with Crippen molar-refractivity contribution in [2.45, 2.75) is 13.8 Å². The smallest absolute Gasteiger partial charge is 0.123 e. The van der Waals surface area contributed by atoms with Crippen LogP contribution in [-0.2, 0) is 0 Å². The molecule has 3 nitrogen and oxygen atoms in total. The number of anilines is 1. The lowest BCUT2D eigenvalue weighted by Gasteiger charge is -2.08. The Bertz CT molecular complexity index is 462. The molecule has 1 aromatic rings. The van der Waals surface area contributed by atoms with Gasteiger partial charge in [-0.25, -0.2) is 0 Å². The van der Waals surface area contributed by atoms with E-state index in [1.54, 1.807) is 6.92 Å². The Morgan fingerprint density at radius 3 is 2.38 bits per heavy atom. The predicted octanol–water partition coefficient (Wildman–Crippen LogP) is 2.49. The zero-order valence-corrected chi connectivity index (χ0v) is 10.1. The number of thiocarbonyl (C=S) groups is 1. The van der Waals surface area contributed by atoms with Gasteiger partial charge in [0.1, 0.15) is 16.6 Å². The van der Waals surface area contributed by atoms with Gasteiger partial charge in [-0.1, -0.05) is 29.9 Å². The van der Waals surface area contributed by atoms with Crippen LogP contribution in [-0.4, -0.2) is 4.99 Å². The first-order valence-corrected chi connectivity index (χ1v) is 5.20. The normalized spacial score (nSPS) is 11.3. The van der Waals surface area contributed by atoms with Crippen LogP contribution in [0.25, 0.3) is 0 Å². The van der Waals surface area contributed by atoms with E-state index >= 15 is 0 Å². The average molecular weight is 231 g/mol. The van der Waals surface area contributed by atoms with Crippen molar-refractivity contribution in [1.82, 2.24) is 0 Å². The van der Waals surface area contributed by atoms with E-state index in [1.165, 1.54) is 5.56 Å². The topological polar surface area (TPSA) is 61.8 Å². The number of rotatable bonds is 2. The molecule has 0 fully saturated rings. The standard InChI is InChI=1S/C12H13N3S/c1-8-3-5-10(6-4-8)15-12(16)11(7-13)9(2)14/h3-6H,14H2,1-2H3,(H,15,16)/b11-9+. The number of hydrogen-bond acceptors (Lipinski definition) is 3. The fourth-order valence-electron chi connectivity index (χ4n) is 1.15. The van der Waals surface area contributed by atoms with Gasteiger partial charge in [-0.05, 0) is 26.0 Å². The molecule has 1 rings (SSSR count). The summed E-state index contributed by atoms with van der Waals surface area (Å²) in [4.78, 5) is 0.353. The van der Waals surface area contributed by atoms with Crippen LogP contribution in [0.4, 0.5) is 5.69 Å². The highest BCUT2D eigenvalue weighted by Crippen LogP contribution is 2.11. The molecule has 3 N–H and O–H groups in total. The Labute approximate surface area is 101 Å². The van der Waals surface area contributed by atoms with Crippen molar-refractivity contribution in [3.63, 3.8) is 0 Å². The van der Waals surface area contributed by atoms with Gasteiger partial charge in [0.05, 0.1) is 0 Å². The van der Waals surface area contributed by atoms with E-state index in [9.17, 15) is 0 Å². The number of nitriles is 1. The largest absolute Gasteiger partial charge is 0.401 e. The van der Waals surface area contributed by atoms with Gasteiger partial charge >= 0.3 is 0 Å². The van der Waals surface area contributed by atoms with E-state index in [0.29, 0.717) is 16.3 Å². The highest BCUT2D eigenvalue weighted by atomic mass is 32.1. The van der Waals surface area contributed by atoms with Crippen LogP contribution in [0.15, 0.2) is 35.5 Å². The van der Waals surface area contributed by atoms with Crippen LogP contribution in [0.2, 0.25) is 0 Å². The first kappa shape index (κ1) is 12.2. The summed E-state index contributed by atoms with van der Waals surface area (Å²) in [6.07, 6.45) is 0. The maximum absolute atomic E-state index is 8.87. The molecule has 82 valence electrons. The number of nitrogens with two attached hydrogens (primary N) is 1. The van der Waals surface area contributed by atoms with Crippen molar-refractivity contribution in [3.05, 3.63) is 41.1 Å². The SMILES string of the molecule is C/C(N)=C(/C#N)C(=S)Nc1ccc(C)cc1. The maximum atomic E-state index is 8.87. The van der Waals surface area contributed by atoms with Crippen molar-refractivity contribution >= 4 is 22.9 Å². The molecular formula is C12H13N3S. The molecule has 0 aliphatic heterocycles. The summed E-state index contributed by atoms with van der Waals surface area (Å²) in [6, 6.07) is 9.73. The van der Waals surface area contributed by atoms with E-state index in [4.69, 9.17) is 23.2 Å². The average Bonchev–Trinajstić information content (AvgIpc) is 2.22. The molecule has 0 bridgehead atoms. The highest BCUT2D eigenvalue weighted by molar-refractivity contribution is 7.81. The van der Waals surface area contributed by atoms with Crippen molar-refractivity contribution in [1.29, 1.82) is 5.26 Å². The van der Waals surface area contributed by atoms with E-state index in [0.717, 1.165) is 5.69 Å². The van der Waals surface area contributed by atoms with Crippen LogP contribution in [0, 0.1) is 18.3 Å². The number of allylic oxidation sites excluding steroid dienone is 1. The van der Waals surface area contributed by atoms with E-state index in [1.807, 2.05) is 37.3 Å². The Morgan fingerprint density at radius 2 is 1.94 bits per heavy atom. The monoisotopic (exact) mass is 231 g/mol. The molecule has 0 saturated carbocycles. The van der Waals surface area contributed by atoms with Gasteiger partial charge in [0.25, 0.3) is 0 Å². The van der Waals surface area contributed by atoms with Crippen molar-refractivity contribution in [2.24, 2.45) is 5.73 Å². The summed E-state index contributed by atoms with van der Waals surface area (Å²) in [5, 5.41) is 11.8. The Morgan fingerprint density at radius 1 is 1.38 bits per heavy atom. The van der Waals surface area contributed by atoms with Gasteiger partial charge in [-0.3, -0.25) is 0 Å². The number of benzene rings is 1. The molecule has 0 saturated heterocycles. The van der Waals surface area contributed by atoms with E-state index in [2.05, 4.69) is 5.32 Å². The molecular weight excluding hydrogens is 218 g/mol. The first-order chi connectivity index (χ1) is 7.54. The molecule has 0 radical (unpaired) electrons. The molecule has 0 aliphatic carbocycles. The van der Waals surface area contributed by atoms with Gasteiger partial charge in [0, 0.05) is 11.4 Å². The second-order valence-electron chi connectivity index (χ2n) is 3.49. The van der Waals surface area contributed by atoms with Gasteiger partial charge < -0.3 is 11.1 Å². The zero-order valence-electron chi connectivity index (χ0n) is 9.24. The van der Waals surface area contributed by atoms with E-state index in [-0.39, 0.29) is 0 Å². The molecule has 16 heavy (non-hydrogen) atoms. The molecule has 1 aromatic carbocycles. The third kappa shape index (κ3) is 3.07. The third-order valence-electron chi connectivity index (χ3n) is 2.04. The van der Waals surface area contributed by atoms with Crippen LogP contribution in [0.5, 0.6) is 0 Å². The molecule has 4 heteroatoms. The quantitative estimate of drug-likeness (QED) is 0.466. The fourth-order valence-corrected chi connectivity index (χ4v) is 1.47. The summed E-state index contributed by atoms with van der Waals surface area (Å²) < 4.78 is 0. The zero-order chi connectivity index (χ0) is 12.1. The lowest BCUT2D eigenvalue weighted by molar-refractivity contribution is 1.29. The Balaban J connectivity index is 2.84. The second kappa shape index (κ2) is 5.29. The van der Waals surface area contributed by atoms with Crippen LogP contribution in [0.1, 0.15) is 12.5 Å². The summed E-state index contributed by atoms with van der Waals surface area (Å²) in [6.45, 7) is 3.66. The Kier molecular flexibility index (Phi) is 4.03. The lowest BCUT2D eigenvalue weighted by atomic mass is 10.2. The minimum atomic E-state index is 0.315. The van der Waals surface area contributed by atoms with Crippen molar-refractivity contribution in [3.8, 4) is 6.07 Å². The van der Waals surface area contributed by atoms with E-state index < -0.39 is 0 Å². The summed E-state index contributed by atoms with van der Waals surface area (Å²) in [7, 11) is 0. The van der Waals surface area contributed by atoms with Gasteiger partial charge in [-0.2, -0.15) is 5.26 Å². The molecule has 0 aliphatic rings. The fraction of sp³-hybridized carbons (Fsp3) is 0.167. The second-order valence-corrected chi connectivity index (χ2v) is 3.90. The number of nitrogens with one attached hydrogen (secondary N) is 1.